The van der Waals surface area contributed by atoms with Crippen LogP contribution in [0.2, 0.25) is 0 Å². The summed E-state index contributed by atoms with van der Waals surface area (Å²) in [6, 6.07) is -0.489. The molecule has 9 heteroatoms. The van der Waals surface area contributed by atoms with Crippen LogP contribution >= 0.6 is 53.2 Å². The fourth-order valence-corrected chi connectivity index (χ4v) is 3.44. The summed E-state index contributed by atoms with van der Waals surface area (Å²) in [7, 11) is 1.48. The fraction of sp³-hybridized carbons (Fsp3) is 0.667. The molecule has 0 spiro atoms. The lowest BCUT2D eigenvalue weighted by Gasteiger charge is -2.13. The maximum atomic E-state index is 10.6. The molecule has 1 fully saturated rings. The third kappa shape index (κ3) is 4.25. The molecule has 84 valence electrons. The summed E-state index contributed by atoms with van der Waals surface area (Å²) in [6.07, 6.45) is 0.471. The van der Waals surface area contributed by atoms with Crippen molar-refractivity contribution in [2.75, 3.05) is 0 Å². The third-order valence-electron chi connectivity index (χ3n) is 1.84. The molecule has 0 amide bonds. The number of halogens is 2. The molecule has 2 N–H and O–H groups in total. The minimum atomic E-state index is -4.16. The normalized spacial score (nSPS) is 37.6. The Morgan fingerprint density at radius 3 is 2.60 bits per heavy atom. The number of rotatable bonds is 3. The fourth-order valence-electron chi connectivity index (χ4n) is 1.15. The third-order valence-corrected chi connectivity index (χ3v) is 4.40. The zero-order chi connectivity index (χ0) is 11.6. The van der Waals surface area contributed by atoms with Crippen LogP contribution in [0.25, 0.3) is 0 Å². The van der Waals surface area contributed by atoms with E-state index in [4.69, 9.17) is 25.4 Å². The molecular weight excluding hydrogens is 448 g/mol. The van der Waals surface area contributed by atoms with Gasteiger partial charge in [-0.3, -0.25) is 4.57 Å². The Morgan fingerprint density at radius 2 is 2.13 bits per heavy atom. The molecule has 0 aromatic rings. The van der Waals surface area contributed by atoms with Crippen LogP contribution in [0, 0.1) is 0 Å². The highest BCUT2D eigenvalue weighted by atomic mass is 127. The van der Waals surface area contributed by atoms with E-state index in [1.54, 1.807) is 23.0 Å². The maximum Gasteiger partial charge on any atom is 0.348 e. The molecule has 1 rings (SSSR count). The van der Waals surface area contributed by atoms with Crippen molar-refractivity contribution in [1.29, 1.82) is 0 Å². The van der Waals surface area contributed by atoms with Gasteiger partial charge in [-0.15, -0.1) is 0 Å². The molecule has 2 radical (unpaired) electrons. The van der Waals surface area contributed by atoms with Gasteiger partial charge in [0.2, 0.25) is 0 Å². The van der Waals surface area contributed by atoms with Gasteiger partial charge < -0.3 is 17.6 Å². The highest BCUT2D eigenvalue weighted by Crippen LogP contribution is 2.38. The minimum Gasteiger partial charge on any atom is -0.377 e. The van der Waals surface area contributed by atoms with Crippen LogP contribution in [-0.2, 0) is 12.4 Å². The first-order valence-electron chi connectivity index (χ1n) is 3.92. The summed E-state index contributed by atoms with van der Waals surface area (Å²) in [5.74, 6) is 0.807. The quantitative estimate of drug-likeness (QED) is 0.289. The van der Waals surface area contributed by atoms with Crippen molar-refractivity contribution >= 4 is 61.0 Å². The molecular formula is C6H8BI2O5P. The second-order valence-corrected chi connectivity index (χ2v) is 6.42. The van der Waals surface area contributed by atoms with Gasteiger partial charge in [-0.25, -0.2) is 0 Å². The van der Waals surface area contributed by atoms with Gasteiger partial charge in [0.25, 0.3) is 0 Å². The van der Waals surface area contributed by atoms with E-state index in [1.165, 1.54) is 6.08 Å². The van der Waals surface area contributed by atoms with E-state index in [0.717, 1.165) is 5.82 Å². The molecule has 0 saturated carbocycles. The number of hydrogen-bond acceptors (Lipinski definition) is 3. The predicted octanol–water partition coefficient (Wildman–Crippen LogP) is 1.11. The smallest absolute Gasteiger partial charge is 0.348 e. The Balaban J connectivity index is 2.71. The molecule has 0 unspecified atom stereocenters. The van der Waals surface area contributed by atoms with Crippen LogP contribution in [0.1, 0.15) is 0 Å². The van der Waals surface area contributed by atoms with Crippen LogP contribution in [0.15, 0.2) is 11.9 Å². The SMILES string of the molecule is [B][C@@H]1O[C@H](/C=C/P(=O)(O)O)[C@@H](OI)[C@H]1I. The molecule has 15 heavy (non-hydrogen) atoms. The predicted molar refractivity (Wildman–Crippen MR) is 72.3 cm³/mol. The Bertz CT molecular complexity index is 295. The van der Waals surface area contributed by atoms with Gasteiger partial charge in [-0.1, -0.05) is 22.6 Å². The van der Waals surface area contributed by atoms with Gasteiger partial charge in [-0.05, 0) is 6.08 Å². The zero-order valence-corrected chi connectivity index (χ0v) is 12.6. The van der Waals surface area contributed by atoms with E-state index in [-0.39, 0.29) is 10.0 Å². The van der Waals surface area contributed by atoms with Crippen LogP contribution < -0.4 is 0 Å². The van der Waals surface area contributed by atoms with E-state index >= 15 is 0 Å². The second-order valence-electron chi connectivity index (χ2n) is 2.99. The first kappa shape index (κ1) is 14.4. The maximum absolute atomic E-state index is 10.6. The van der Waals surface area contributed by atoms with Crippen molar-refractivity contribution in [3.63, 3.8) is 0 Å². The van der Waals surface area contributed by atoms with Gasteiger partial charge in [0, 0.05) is 11.8 Å². The van der Waals surface area contributed by atoms with Crippen molar-refractivity contribution < 1.29 is 22.2 Å². The van der Waals surface area contributed by atoms with Gasteiger partial charge in [0.1, 0.15) is 43.1 Å². The molecule has 1 heterocycles. The minimum absolute atomic E-state index is 0.0501. The second kappa shape index (κ2) is 5.79. The summed E-state index contributed by atoms with van der Waals surface area (Å²) in [5.41, 5.74) is 0. The highest BCUT2D eigenvalue weighted by molar-refractivity contribution is 14.1. The van der Waals surface area contributed by atoms with Crippen LogP contribution in [-0.4, -0.2) is 39.8 Å². The average Bonchev–Trinajstić information content (AvgIpc) is 2.38. The van der Waals surface area contributed by atoms with Crippen LogP contribution in [0.4, 0.5) is 0 Å². The molecule has 1 saturated heterocycles. The van der Waals surface area contributed by atoms with Crippen molar-refractivity contribution in [3.05, 3.63) is 11.9 Å². The van der Waals surface area contributed by atoms with E-state index in [0.29, 0.717) is 0 Å². The lowest BCUT2D eigenvalue weighted by Crippen LogP contribution is -2.27. The summed E-state index contributed by atoms with van der Waals surface area (Å²) in [6.45, 7) is 0. The monoisotopic (exact) mass is 456 g/mol. The Hall–Kier alpha value is 1.33. The average molecular weight is 456 g/mol. The van der Waals surface area contributed by atoms with Crippen molar-refractivity contribution in [2.45, 2.75) is 22.1 Å². The molecule has 4 atom stereocenters. The number of hydrogen-bond donors (Lipinski definition) is 2. The summed E-state index contributed by atoms with van der Waals surface area (Å²) < 4.78 is 21.0. The molecule has 1 aliphatic rings. The summed E-state index contributed by atoms with van der Waals surface area (Å²) >= 11 is 3.81. The Kier molecular flexibility index (Phi) is 5.55. The van der Waals surface area contributed by atoms with Gasteiger partial charge >= 0.3 is 7.60 Å². The standard InChI is InChI=1S/C6H8BI2O5P/c7-6-4(8)5(14-9)3(13-6)1-2-15(10,11)12/h1-6H,(H2,10,11,12)/b2-1+/t3-,4-,5-,6-/m1/s1. The number of alkyl halides is 1. The molecule has 1 aliphatic heterocycles. The van der Waals surface area contributed by atoms with Crippen molar-refractivity contribution in [1.82, 2.24) is 0 Å². The molecule has 0 aliphatic carbocycles. The topological polar surface area (TPSA) is 76.0 Å². The molecule has 5 nitrogen and oxygen atoms in total. The van der Waals surface area contributed by atoms with Crippen molar-refractivity contribution in [3.8, 4) is 0 Å². The van der Waals surface area contributed by atoms with Crippen LogP contribution in [0.5, 0.6) is 0 Å². The molecule has 0 aromatic heterocycles. The van der Waals surface area contributed by atoms with Gasteiger partial charge in [0.15, 0.2) is 0 Å². The Morgan fingerprint density at radius 1 is 1.53 bits per heavy atom. The van der Waals surface area contributed by atoms with E-state index in [9.17, 15) is 4.57 Å². The zero-order valence-electron chi connectivity index (χ0n) is 7.36. The van der Waals surface area contributed by atoms with E-state index in [1.807, 2.05) is 0 Å². The number of ether oxygens (including phenoxy) is 1. The van der Waals surface area contributed by atoms with Crippen molar-refractivity contribution in [2.24, 2.45) is 0 Å². The lowest BCUT2D eigenvalue weighted by atomic mass is 9.96. The summed E-state index contributed by atoms with van der Waals surface area (Å²) in [4.78, 5) is 17.3. The first-order valence-corrected chi connectivity index (χ1v) is 7.73. The summed E-state index contributed by atoms with van der Waals surface area (Å²) in [5, 5.41) is 0. The lowest BCUT2D eigenvalue weighted by molar-refractivity contribution is 0.0895. The van der Waals surface area contributed by atoms with E-state index in [2.05, 4.69) is 22.6 Å². The van der Waals surface area contributed by atoms with E-state index < -0.39 is 19.7 Å². The Labute approximate surface area is 116 Å². The molecule has 0 bridgehead atoms. The van der Waals surface area contributed by atoms with Gasteiger partial charge in [0.05, 0.1) is 3.92 Å². The van der Waals surface area contributed by atoms with Crippen LogP contribution in [0.3, 0.4) is 0 Å². The highest BCUT2D eigenvalue weighted by Gasteiger charge is 2.40. The molecule has 0 aromatic carbocycles. The van der Waals surface area contributed by atoms with Gasteiger partial charge in [-0.2, -0.15) is 0 Å². The largest absolute Gasteiger partial charge is 0.377 e. The first-order chi connectivity index (χ1) is 6.85.